The van der Waals surface area contributed by atoms with Crippen LogP contribution >= 0.6 is 0 Å². The fourth-order valence-corrected chi connectivity index (χ4v) is 5.63. The summed E-state index contributed by atoms with van der Waals surface area (Å²) in [5.41, 5.74) is 1.06. The molecule has 1 aliphatic rings. The van der Waals surface area contributed by atoms with E-state index in [4.69, 9.17) is 9.47 Å². The number of hydrogen-bond donors (Lipinski definition) is 1. The van der Waals surface area contributed by atoms with Crippen LogP contribution in [0.2, 0.25) is 0 Å². The quantitative estimate of drug-likeness (QED) is 0.413. The highest BCUT2D eigenvalue weighted by Crippen LogP contribution is 2.36. The molecule has 0 aliphatic carbocycles. The largest absolute Gasteiger partial charge is 0.486 e. The molecule has 9 nitrogen and oxygen atoms in total. The second-order valence-electron chi connectivity index (χ2n) is 9.50. The van der Waals surface area contributed by atoms with Crippen molar-refractivity contribution in [3.8, 4) is 11.5 Å². The minimum Gasteiger partial charge on any atom is -0.486 e. The Morgan fingerprint density at radius 2 is 1.49 bits per heavy atom. The standard InChI is InChI=1S/C29H33N3O6S/c1-21(2)30-29(34)22(3)31(19-23-10-6-4-7-11-23)28(33)20-32(39(35,36)25-12-8-5-9-13-25)24-14-15-26-27(18-24)38-17-16-37-26/h4-15,18,21-22H,16-17,19-20H2,1-3H3,(H,30,34)/t22-/m0/s1. The van der Waals surface area contributed by atoms with Gasteiger partial charge in [0, 0.05) is 18.7 Å². The maximum atomic E-state index is 13.9. The number of nitrogens with zero attached hydrogens (tertiary/aromatic N) is 2. The third-order valence-electron chi connectivity index (χ3n) is 6.22. The van der Waals surface area contributed by atoms with E-state index >= 15 is 0 Å². The van der Waals surface area contributed by atoms with Crippen molar-refractivity contribution in [1.82, 2.24) is 10.2 Å². The topological polar surface area (TPSA) is 105 Å². The number of anilines is 1. The number of amides is 2. The molecule has 1 N–H and O–H groups in total. The average Bonchev–Trinajstić information content (AvgIpc) is 2.94. The van der Waals surface area contributed by atoms with Gasteiger partial charge in [0.05, 0.1) is 10.6 Å². The van der Waals surface area contributed by atoms with Gasteiger partial charge in [-0.2, -0.15) is 0 Å². The predicted molar refractivity (Wildman–Crippen MR) is 148 cm³/mol. The van der Waals surface area contributed by atoms with Crippen LogP contribution in [0.4, 0.5) is 5.69 Å². The molecule has 1 heterocycles. The SMILES string of the molecule is CC(C)NC(=O)[C@H](C)N(Cc1ccccc1)C(=O)CN(c1ccc2c(c1)OCCO2)S(=O)(=O)c1ccccc1. The Morgan fingerprint density at radius 3 is 2.13 bits per heavy atom. The van der Waals surface area contributed by atoms with E-state index in [1.165, 1.54) is 17.0 Å². The summed E-state index contributed by atoms with van der Waals surface area (Å²) in [7, 11) is -4.16. The number of hydrogen-bond acceptors (Lipinski definition) is 6. The molecule has 0 spiro atoms. The van der Waals surface area contributed by atoms with E-state index in [0.29, 0.717) is 24.7 Å². The monoisotopic (exact) mass is 551 g/mol. The molecular formula is C29H33N3O6S. The first kappa shape index (κ1) is 28.0. The molecule has 39 heavy (non-hydrogen) atoms. The molecule has 3 aromatic carbocycles. The zero-order valence-electron chi connectivity index (χ0n) is 22.2. The Kier molecular flexibility index (Phi) is 8.75. The van der Waals surface area contributed by atoms with E-state index in [-0.39, 0.29) is 29.1 Å². The van der Waals surface area contributed by atoms with E-state index in [1.807, 2.05) is 44.2 Å². The predicted octanol–water partition coefficient (Wildman–Crippen LogP) is 3.60. The molecule has 206 valence electrons. The molecule has 4 rings (SSSR count). The van der Waals surface area contributed by atoms with Crippen LogP contribution in [-0.4, -0.2) is 57.0 Å². The zero-order chi connectivity index (χ0) is 28.0. The maximum absolute atomic E-state index is 13.9. The van der Waals surface area contributed by atoms with Gasteiger partial charge in [-0.15, -0.1) is 0 Å². The van der Waals surface area contributed by atoms with Gasteiger partial charge >= 0.3 is 0 Å². The first-order valence-electron chi connectivity index (χ1n) is 12.8. The van der Waals surface area contributed by atoms with E-state index < -0.39 is 28.5 Å². The lowest BCUT2D eigenvalue weighted by Crippen LogP contribution is -2.52. The van der Waals surface area contributed by atoms with Crippen LogP contribution in [0, 0.1) is 0 Å². The lowest BCUT2D eigenvalue weighted by molar-refractivity contribution is -0.139. The molecule has 0 radical (unpaired) electrons. The molecule has 10 heteroatoms. The number of nitrogens with one attached hydrogen (secondary N) is 1. The van der Waals surface area contributed by atoms with Crippen molar-refractivity contribution in [3.05, 3.63) is 84.4 Å². The van der Waals surface area contributed by atoms with E-state index in [1.54, 1.807) is 43.3 Å². The summed E-state index contributed by atoms with van der Waals surface area (Å²) in [6, 6.07) is 21.0. The van der Waals surface area contributed by atoms with Gasteiger partial charge in [0.1, 0.15) is 25.8 Å². The minimum absolute atomic E-state index is 0.0351. The first-order chi connectivity index (χ1) is 18.7. The molecule has 0 bridgehead atoms. The lowest BCUT2D eigenvalue weighted by Gasteiger charge is -2.32. The van der Waals surface area contributed by atoms with E-state index in [2.05, 4.69) is 5.32 Å². The number of fused-ring (bicyclic) bond motifs is 1. The molecular weight excluding hydrogens is 518 g/mol. The number of ether oxygens (including phenoxy) is 2. The molecule has 1 aliphatic heterocycles. The van der Waals surface area contributed by atoms with Gasteiger partial charge in [0.15, 0.2) is 11.5 Å². The summed E-state index contributed by atoms with van der Waals surface area (Å²) in [5.74, 6) is 0.0362. The van der Waals surface area contributed by atoms with Crippen molar-refractivity contribution >= 4 is 27.5 Å². The summed E-state index contributed by atoms with van der Waals surface area (Å²) in [6.45, 7) is 5.64. The van der Waals surface area contributed by atoms with Crippen LogP contribution < -0.4 is 19.1 Å². The van der Waals surface area contributed by atoms with Crippen molar-refractivity contribution in [2.45, 2.75) is 44.3 Å². The smallest absolute Gasteiger partial charge is 0.264 e. The van der Waals surface area contributed by atoms with Crippen LogP contribution in [0.25, 0.3) is 0 Å². The Balaban J connectivity index is 1.72. The molecule has 0 aromatic heterocycles. The highest BCUT2D eigenvalue weighted by molar-refractivity contribution is 7.92. The highest BCUT2D eigenvalue weighted by atomic mass is 32.2. The molecule has 0 fully saturated rings. The number of benzene rings is 3. The number of rotatable bonds is 10. The summed E-state index contributed by atoms with van der Waals surface area (Å²) >= 11 is 0. The first-order valence-corrected chi connectivity index (χ1v) is 14.2. The summed E-state index contributed by atoms with van der Waals surface area (Å²) in [4.78, 5) is 28.3. The summed E-state index contributed by atoms with van der Waals surface area (Å²) < 4.78 is 40.1. The second kappa shape index (κ2) is 12.2. The lowest BCUT2D eigenvalue weighted by atomic mass is 10.1. The minimum atomic E-state index is -4.16. The van der Waals surface area contributed by atoms with Crippen LogP contribution in [-0.2, 0) is 26.2 Å². The Bertz CT molecular complexity index is 1400. The fraction of sp³-hybridized carbons (Fsp3) is 0.310. The molecule has 0 unspecified atom stereocenters. The molecule has 0 saturated carbocycles. The van der Waals surface area contributed by atoms with Crippen molar-refractivity contribution < 1.29 is 27.5 Å². The van der Waals surface area contributed by atoms with Crippen molar-refractivity contribution in [1.29, 1.82) is 0 Å². The van der Waals surface area contributed by atoms with Crippen LogP contribution in [0.5, 0.6) is 11.5 Å². The normalized spacial score (nSPS) is 13.4. The summed E-state index contributed by atoms with van der Waals surface area (Å²) in [6.07, 6.45) is 0. The molecule has 3 aromatic rings. The third kappa shape index (κ3) is 6.69. The van der Waals surface area contributed by atoms with Crippen molar-refractivity contribution in [3.63, 3.8) is 0 Å². The fourth-order valence-electron chi connectivity index (χ4n) is 4.20. The van der Waals surface area contributed by atoms with E-state index in [0.717, 1.165) is 9.87 Å². The van der Waals surface area contributed by atoms with E-state index in [9.17, 15) is 18.0 Å². The molecule has 2 amide bonds. The second-order valence-corrected chi connectivity index (χ2v) is 11.4. The Morgan fingerprint density at radius 1 is 0.872 bits per heavy atom. The van der Waals surface area contributed by atoms with Gasteiger partial charge in [-0.25, -0.2) is 8.42 Å². The van der Waals surface area contributed by atoms with Crippen LogP contribution in [0.15, 0.2) is 83.8 Å². The maximum Gasteiger partial charge on any atom is 0.264 e. The Hall–Kier alpha value is -4.05. The number of carbonyl (C=O) groups is 2. The Labute approximate surface area is 229 Å². The van der Waals surface area contributed by atoms with Crippen molar-refractivity contribution in [2.24, 2.45) is 0 Å². The average molecular weight is 552 g/mol. The number of sulfonamides is 1. The third-order valence-corrected chi connectivity index (χ3v) is 8.01. The van der Waals surface area contributed by atoms with Gasteiger partial charge in [-0.3, -0.25) is 13.9 Å². The molecule has 1 atom stereocenters. The van der Waals surface area contributed by atoms with Crippen molar-refractivity contribution in [2.75, 3.05) is 24.1 Å². The van der Waals surface area contributed by atoms with Crippen LogP contribution in [0.1, 0.15) is 26.3 Å². The zero-order valence-corrected chi connectivity index (χ0v) is 23.1. The highest BCUT2D eigenvalue weighted by Gasteiger charge is 2.33. The summed E-state index contributed by atoms with van der Waals surface area (Å²) in [5, 5.41) is 2.84. The van der Waals surface area contributed by atoms with Gasteiger partial charge in [-0.05, 0) is 50.6 Å². The van der Waals surface area contributed by atoms with Gasteiger partial charge in [-0.1, -0.05) is 48.5 Å². The van der Waals surface area contributed by atoms with Crippen LogP contribution in [0.3, 0.4) is 0 Å². The van der Waals surface area contributed by atoms with Gasteiger partial charge in [0.2, 0.25) is 11.8 Å². The molecule has 0 saturated heterocycles. The van der Waals surface area contributed by atoms with Gasteiger partial charge < -0.3 is 19.7 Å². The van der Waals surface area contributed by atoms with Gasteiger partial charge in [0.25, 0.3) is 10.0 Å². The number of carbonyl (C=O) groups excluding carboxylic acids is 2.